The molecular formula is C17H22N2O. The summed E-state index contributed by atoms with van der Waals surface area (Å²) in [4.78, 5) is 0. The van der Waals surface area contributed by atoms with Crippen molar-refractivity contribution in [2.75, 3.05) is 0 Å². The molecule has 3 heteroatoms. The van der Waals surface area contributed by atoms with Crippen molar-refractivity contribution in [3.05, 3.63) is 47.7 Å². The summed E-state index contributed by atoms with van der Waals surface area (Å²) in [6, 6.07) is 10.8. The molecule has 0 atom stereocenters. The lowest BCUT2D eigenvalue weighted by atomic mass is 9.96. The molecule has 0 N–H and O–H groups in total. The van der Waals surface area contributed by atoms with E-state index in [1.807, 2.05) is 18.2 Å². The van der Waals surface area contributed by atoms with Gasteiger partial charge in [-0.25, -0.2) is 0 Å². The normalized spacial score (nSPS) is 16.2. The Morgan fingerprint density at radius 3 is 2.65 bits per heavy atom. The van der Waals surface area contributed by atoms with E-state index in [1.165, 1.54) is 37.7 Å². The van der Waals surface area contributed by atoms with Crippen molar-refractivity contribution in [2.45, 2.75) is 51.7 Å². The Kier molecular flexibility index (Phi) is 4.05. The van der Waals surface area contributed by atoms with Crippen LogP contribution in [-0.4, -0.2) is 9.78 Å². The van der Waals surface area contributed by atoms with Gasteiger partial charge in [0.2, 0.25) is 5.88 Å². The van der Waals surface area contributed by atoms with Crippen LogP contribution in [0, 0.1) is 6.92 Å². The second-order valence-electron chi connectivity index (χ2n) is 5.66. The first kappa shape index (κ1) is 13.2. The SMILES string of the molecule is Cc1cn(C2CCCCC2)nc1OCc1ccccc1. The van der Waals surface area contributed by atoms with E-state index in [2.05, 4.69) is 35.0 Å². The van der Waals surface area contributed by atoms with Crippen molar-refractivity contribution in [3.63, 3.8) is 0 Å². The molecular weight excluding hydrogens is 248 g/mol. The van der Waals surface area contributed by atoms with Crippen LogP contribution >= 0.6 is 0 Å². The number of hydrogen-bond acceptors (Lipinski definition) is 2. The van der Waals surface area contributed by atoms with Gasteiger partial charge in [0.1, 0.15) is 6.61 Å². The predicted molar refractivity (Wildman–Crippen MR) is 79.9 cm³/mol. The standard InChI is InChI=1S/C17H22N2O/c1-14-12-19(16-10-6-3-7-11-16)18-17(14)20-13-15-8-4-2-5-9-15/h2,4-5,8-9,12,16H,3,6-7,10-11,13H2,1H3. The molecule has 20 heavy (non-hydrogen) atoms. The summed E-state index contributed by atoms with van der Waals surface area (Å²) in [5.41, 5.74) is 2.31. The molecule has 1 heterocycles. The van der Waals surface area contributed by atoms with Gasteiger partial charge in [0.15, 0.2) is 0 Å². The molecule has 0 amide bonds. The Hall–Kier alpha value is -1.77. The summed E-state index contributed by atoms with van der Waals surface area (Å²) in [5.74, 6) is 0.777. The fraction of sp³-hybridized carbons (Fsp3) is 0.471. The molecule has 1 aromatic heterocycles. The van der Waals surface area contributed by atoms with Crippen molar-refractivity contribution in [2.24, 2.45) is 0 Å². The summed E-state index contributed by atoms with van der Waals surface area (Å²) in [6.07, 6.45) is 8.65. The molecule has 3 rings (SSSR count). The minimum Gasteiger partial charge on any atom is -0.472 e. The Labute approximate surface area is 120 Å². The molecule has 0 radical (unpaired) electrons. The molecule has 106 valence electrons. The third-order valence-corrected chi connectivity index (χ3v) is 4.04. The van der Waals surface area contributed by atoms with Crippen LogP contribution in [0.15, 0.2) is 36.5 Å². The van der Waals surface area contributed by atoms with Gasteiger partial charge in [-0.05, 0) is 25.3 Å². The highest BCUT2D eigenvalue weighted by Gasteiger charge is 2.17. The summed E-state index contributed by atoms with van der Waals surface area (Å²) in [6.45, 7) is 2.66. The highest BCUT2D eigenvalue weighted by molar-refractivity contribution is 5.22. The smallest absolute Gasteiger partial charge is 0.236 e. The number of aryl methyl sites for hydroxylation is 1. The largest absolute Gasteiger partial charge is 0.472 e. The number of benzene rings is 1. The highest BCUT2D eigenvalue weighted by atomic mass is 16.5. The quantitative estimate of drug-likeness (QED) is 0.829. The van der Waals surface area contributed by atoms with Crippen molar-refractivity contribution in [3.8, 4) is 5.88 Å². The van der Waals surface area contributed by atoms with Crippen molar-refractivity contribution < 1.29 is 4.74 Å². The zero-order valence-corrected chi connectivity index (χ0v) is 12.1. The van der Waals surface area contributed by atoms with Gasteiger partial charge in [0.05, 0.1) is 6.04 Å². The van der Waals surface area contributed by atoms with Gasteiger partial charge in [-0.1, -0.05) is 49.6 Å². The van der Waals surface area contributed by atoms with Crippen molar-refractivity contribution in [1.29, 1.82) is 0 Å². The Morgan fingerprint density at radius 2 is 1.90 bits per heavy atom. The van der Waals surface area contributed by atoms with E-state index in [9.17, 15) is 0 Å². The summed E-state index contributed by atoms with van der Waals surface area (Å²) in [5, 5.41) is 4.64. The molecule has 1 aliphatic rings. The van der Waals surface area contributed by atoms with Crippen LogP contribution in [0.1, 0.15) is 49.3 Å². The van der Waals surface area contributed by atoms with Gasteiger partial charge < -0.3 is 4.74 Å². The third kappa shape index (κ3) is 3.03. The molecule has 0 bridgehead atoms. The predicted octanol–water partition coefficient (Wildman–Crippen LogP) is 4.28. The summed E-state index contributed by atoms with van der Waals surface area (Å²) >= 11 is 0. The van der Waals surface area contributed by atoms with E-state index >= 15 is 0 Å². The molecule has 3 nitrogen and oxygen atoms in total. The number of ether oxygens (including phenoxy) is 1. The maximum absolute atomic E-state index is 5.86. The Bertz CT molecular complexity index is 541. The van der Waals surface area contributed by atoms with Crippen LogP contribution in [0.2, 0.25) is 0 Å². The van der Waals surface area contributed by atoms with Gasteiger partial charge in [0.25, 0.3) is 0 Å². The van der Waals surface area contributed by atoms with E-state index in [-0.39, 0.29) is 0 Å². The van der Waals surface area contributed by atoms with Crippen LogP contribution in [0.3, 0.4) is 0 Å². The first-order valence-corrected chi connectivity index (χ1v) is 7.55. The molecule has 0 unspecified atom stereocenters. The first-order valence-electron chi connectivity index (χ1n) is 7.55. The van der Waals surface area contributed by atoms with Gasteiger partial charge in [-0.3, -0.25) is 4.68 Å². The van der Waals surface area contributed by atoms with Crippen LogP contribution in [0.4, 0.5) is 0 Å². The second-order valence-corrected chi connectivity index (χ2v) is 5.66. The fourth-order valence-electron chi connectivity index (χ4n) is 2.87. The van der Waals surface area contributed by atoms with Crippen molar-refractivity contribution in [1.82, 2.24) is 9.78 Å². The second kappa shape index (κ2) is 6.12. The first-order chi connectivity index (χ1) is 9.83. The van der Waals surface area contributed by atoms with Crippen LogP contribution < -0.4 is 4.74 Å². The van der Waals surface area contributed by atoms with E-state index in [1.54, 1.807) is 0 Å². The fourth-order valence-corrected chi connectivity index (χ4v) is 2.87. The van der Waals surface area contributed by atoms with Gasteiger partial charge in [-0.2, -0.15) is 0 Å². The zero-order valence-electron chi connectivity index (χ0n) is 12.1. The van der Waals surface area contributed by atoms with E-state index in [0.717, 1.165) is 11.4 Å². The van der Waals surface area contributed by atoms with Crippen LogP contribution in [0.25, 0.3) is 0 Å². The van der Waals surface area contributed by atoms with E-state index < -0.39 is 0 Å². The van der Waals surface area contributed by atoms with Gasteiger partial charge in [-0.15, -0.1) is 5.10 Å². The molecule has 1 saturated carbocycles. The maximum Gasteiger partial charge on any atom is 0.236 e. The zero-order chi connectivity index (χ0) is 13.8. The molecule has 1 fully saturated rings. The number of rotatable bonds is 4. The lowest BCUT2D eigenvalue weighted by Crippen LogP contribution is -2.13. The van der Waals surface area contributed by atoms with Crippen LogP contribution in [-0.2, 0) is 6.61 Å². The number of hydrogen-bond donors (Lipinski definition) is 0. The van der Waals surface area contributed by atoms with Gasteiger partial charge >= 0.3 is 0 Å². The molecule has 1 aliphatic carbocycles. The minimum atomic E-state index is 0.566. The average Bonchev–Trinajstić information content (AvgIpc) is 2.88. The molecule has 0 saturated heterocycles. The lowest BCUT2D eigenvalue weighted by Gasteiger charge is -2.21. The number of nitrogens with zero attached hydrogens (tertiary/aromatic N) is 2. The van der Waals surface area contributed by atoms with Gasteiger partial charge in [0, 0.05) is 11.8 Å². The lowest BCUT2D eigenvalue weighted by molar-refractivity contribution is 0.275. The monoisotopic (exact) mass is 270 g/mol. The van der Waals surface area contributed by atoms with E-state index in [0.29, 0.717) is 12.6 Å². The Balaban J connectivity index is 1.66. The summed E-state index contributed by atoms with van der Waals surface area (Å²) in [7, 11) is 0. The maximum atomic E-state index is 5.86. The minimum absolute atomic E-state index is 0.566. The van der Waals surface area contributed by atoms with Crippen molar-refractivity contribution >= 4 is 0 Å². The molecule has 0 aliphatic heterocycles. The third-order valence-electron chi connectivity index (χ3n) is 4.04. The summed E-state index contributed by atoms with van der Waals surface area (Å²) < 4.78 is 7.98. The van der Waals surface area contributed by atoms with Crippen LogP contribution in [0.5, 0.6) is 5.88 Å². The highest BCUT2D eigenvalue weighted by Crippen LogP contribution is 2.29. The topological polar surface area (TPSA) is 27.1 Å². The number of aromatic nitrogens is 2. The molecule has 1 aromatic carbocycles. The van der Waals surface area contributed by atoms with E-state index in [4.69, 9.17) is 4.74 Å². The molecule has 0 spiro atoms. The average molecular weight is 270 g/mol. The Morgan fingerprint density at radius 1 is 1.15 bits per heavy atom. The molecule has 2 aromatic rings.